The minimum absolute atomic E-state index is 0.235. The number of carbonyl (C=O) groups excluding carboxylic acids is 2. The van der Waals surface area contributed by atoms with Crippen molar-refractivity contribution in [3.63, 3.8) is 0 Å². The summed E-state index contributed by atoms with van der Waals surface area (Å²) in [5.74, 6) is -2.54. The van der Waals surface area contributed by atoms with Gasteiger partial charge < -0.3 is 9.47 Å². The molecule has 0 aliphatic carbocycles. The third-order valence-electron chi connectivity index (χ3n) is 4.64. The second kappa shape index (κ2) is 7.19. The van der Waals surface area contributed by atoms with Crippen LogP contribution in [0.4, 0.5) is 4.39 Å². The number of benzene rings is 1. The molecule has 140 valence electrons. The van der Waals surface area contributed by atoms with E-state index in [2.05, 4.69) is 11.8 Å². The standard InChI is InChI=1S/C20H24FNO4/c1-13-5-4-8-22(11-13)12-15-7-6-14(10-17(15)21)9-16-18(23)25-20(2,3)26-19(16)24/h6-7,9-10,13H,4-5,8,11-12H2,1-3H3. The monoisotopic (exact) mass is 361 g/mol. The van der Waals surface area contributed by atoms with Crippen LogP contribution >= 0.6 is 0 Å². The van der Waals surface area contributed by atoms with Gasteiger partial charge in [0.15, 0.2) is 0 Å². The largest absolute Gasteiger partial charge is 0.419 e. The lowest BCUT2D eigenvalue weighted by atomic mass is 9.99. The van der Waals surface area contributed by atoms with Gasteiger partial charge in [-0.05, 0) is 43.0 Å². The summed E-state index contributed by atoms with van der Waals surface area (Å²) in [6.07, 6.45) is 3.65. The molecule has 2 saturated heterocycles. The first-order chi connectivity index (χ1) is 12.2. The van der Waals surface area contributed by atoms with E-state index in [-0.39, 0.29) is 11.4 Å². The van der Waals surface area contributed by atoms with Gasteiger partial charge in [0.25, 0.3) is 5.79 Å². The van der Waals surface area contributed by atoms with Crippen LogP contribution in [0.25, 0.3) is 6.08 Å². The molecule has 0 spiro atoms. The van der Waals surface area contributed by atoms with E-state index in [1.807, 2.05) is 0 Å². The Balaban J connectivity index is 1.75. The Morgan fingerprint density at radius 1 is 1.27 bits per heavy atom. The Kier molecular flexibility index (Phi) is 5.14. The summed E-state index contributed by atoms with van der Waals surface area (Å²) in [4.78, 5) is 26.2. The average Bonchev–Trinajstić information content (AvgIpc) is 2.52. The number of hydrogen-bond donors (Lipinski definition) is 0. The molecular formula is C20H24FNO4. The van der Waals surface area contributed by atoms with Crippen LogP contribution in [0.5, 0.6) is 0 Å². The van der Waals surface area contributed by atoms with Crippen LogP contribution in [0.2, 0.25) is 0 Å². The Bertz CT molecular complexity index is 734. The lowest BCUT2D eigenvalue weighted by Crippen LogP contribution is -2.41. The molecule has 2 heterocycles. The van der Waals surface area contributed by atoms with Crippen LogP contribution in [0.15, 0.2) is 23.8 Å². The first-order valence-corrected chi connectivity index (χ1v) is 8.93. The number of esters is 2. The second-order valence-electron chi connectivity index (χ2n) is 7.57. The third-order valence-corrected chi connectivity index (χ3v) is 4.64. The van der Waals surface area contributed by atoms with Crippen LogP contribution < -0.4 is 0 Å². The van der Waals surface area contributed by atoms with Gasteiger partial charge in [-0.2, -0.15) is 0 Å². The van der Waals surface area contributed by atoms with E-state index in [0.29, 0.717) is 23.6 Å². The normalized spacial score (nSPS) is 23.4. The fourth-order valence-corrected chi connectivity index (χ4v) is 3.40. The van der Waals surface area contributed by atoms with Crippen molar-refractivity contribution in [2.75, 3.05) is 13.1 Å². The van der Waals surface area contributed by atoms with Crippen molar-refractivity contribution >= 4 is 18.0 Å². The maximum Gasteiger partial charge on any atom is 0.348 e. The zero-order valence-corrected chi connectivity index (χ0v) is 15.4. The lowest BCUT2D eigenvalue weighted by Gasteiger charge is -2.31. The molecule has 2 fully saturated rings. The number of likely N-dealkylation sites (tertiary alicyclic amines) is 1. The molecule has 1 aromatic rings. The van der Waals surface area contributed by atoms with E-state index in [4.69, 9.17) is 9.47 Å². The smallest absolute Gasteiger partial charge is 0.348 e. The molecule has 0 N–H and O–H groups in total. The summed E-state index contributed by atoms with van der Waals surface area (Å²) in [5, 5.41) is 0. The molecule has 1 atom stereocenters. The number of nitrogens with zero attached hydrogens (tertiary/aromatic N) is 1. The zero-order chi connectivity index (χ0) is 18.9. The molecule has 3 rings (SSSR count). The van der Waals surface area contributed by atoms with E-state index in [9.17, 15) is 14.0 Å². The maximum atomic E-state index is 14.5. The van der Waals surface area contributed by atoms with Crippen molar-refractivity contribution in [3.8, 4) is 0 Å². The van der Waals surface area contributed by atoms with E-state index >= 15 is 0 Å². The summed E-state index contributed by atoms with van der Waals surface area (Å²) in [6, 6.07) is 4.72. The van der Waals surface area contributed by atoms with E-state index in [0.717, 1.165) is 19.5 Å². The number of ether oxygens (including phenoxy) is 2. The molecule has 6 heteroatoms. The van der Waals surface area contributed by atoms with Crippen molar-refractivity contribution in [2.45, 2.75) is 45.9 Å². The molecule has 1 aromatic carbocycles. The summed E-state index contributed by atoms with van der Waals surface area (Å²) in [7, 11) is 0. The highest BCUT2D eigenvalue weighted by Crippen LogP contribution is 2.25. The van der Waals surface area contributed by atoms with Crippen molar-refractivity contribution in [3.05, 3.63) is 40.7 Å². The molecule has 5 nitrogen and oxygen atoms in total. The molecule has 0 bridgehead atoms. The summed E-state index contributed by atoms with van der Waals surface area (Å²) in [6.45, 7) is 7.68. The molecule has 1 unspecified atom stereocenters. The average molecular weight is 361 g/mol. The van der Waals surface area contributed by atoms with Crippen LogP contribution in [0.3, 0.4) is 0 Å². The fraction of sp³-hybridized carbons (Fsp3) is 0.500. The van der Waals surface area contributed by atoms with Crippen LogP contribution in [0, 0.1) is 11.7 Å². The Morgan fingerprint density at radius 2 is 1.96 bits per heavy atom. The van der Waals surface area contributed by atoms with Gasteiger partial charge in [-0.25, -0.2) is 14.0 Å². The maximum absolute atomic E-state index is 14.5. The predicted octanol–water partition coefficient (Wildman–Crippen LogP) is 3.28. The highest BCUT2D eigenvalue weighted by atomic mass is 19.1. The third kappa shape index (κ3) is 4.30. The highest BCUT2D eigenvalue weighted by Gasteiger charge is 2.38. The number of carbonyl (C=O) groups is 2. The van der Waals surface area contributed by atoms with Gasteiger partial charge in [0.1, 0.15) is 11.4 Å². The van der Waals surface area contributed by atoms with Gasteiger partial charge in [0.2, 0.25) is 0 Å². The summed E-state index contributed by atoms with van der Waals surface area (Å²) < 4.78 is 24.6. The van der Waals surface area contributed by atoms with Gasteiger partial charge >= 0.3 is 11.9 Å². The van der Waals surface area contributed by atoms with Crippen molar-refractivity contribution in [1.82, 2.24) is 4.90 Å². The fourth-order valence-electron chi connectivity index (χ4n) is 3.40. The number of piperidine rings is 1. The SMILES string of the molecule is CC1CCCN(Cc2ccc(C=C3C(=O)OC(C)(C)OC3=O)cc2F)C1. The number of hydrogen-bond acceptors (Lipinski definition) is 5. The number of cyclic esters (lactones) is 2. The van der Waals surface area contributed by atoms with Crippen molar-refractivity contribution < 1.29 is 23.5 Å². The summed E-state index contributed by atoms with van der Waals surface area (Å²) >= 11 is 0. The topological polar surface area (TPSA) is 55.8 Å². The van der Waals surface area contributed by atoms with Gasteiger partial charge in [-0.3, -0.25) is 4.90 Å². The number of rotatable bonds is 3. The lowest BCUT2D eigenvalue weighted by molar-refractivity contribution is -0.222. The van der Waals surface area contributed by atoms with E-state index < -0.39 is 17.7 Å². The van der Waals surface area contributed by atoms with Crippen molar-refractivity contribution in [1.29, 1.82) is 0 Å². The van der Waals surface area contributed by atoms with E-state index in [1.165, 1.54) is 32.4 Å². The number of halogens is 1. The van der Waals surface area contributed by atoms with Gasteiger partial charge in [0, 0.05) is 32.5 Å². The first kappa shape index (κ1) is 18.6. The highest BCUT2D eigenvalue weighted by molar-refractivity contribution is 6.18. The molecule has 2 aliphatic heterocycles. The van der Waals surface area contributed by atoms with E-state index in [1.54, 1.807) is 12.1 Å². The predicted molar refractivity (Wildman–Crippen MR) is 94.3 cm³/mol. The molecule has 26 heavy (non-hydrogen) atoms. The zero-order valence-electron chi connectivity index (χ0n) is 15.4. The van der Waals surface area contributed by atoms with Crippen LogP contribution in [-0.4, -0.2) is 35.7 Å². The van der Waals surface area contributed by atoms with Crippen molar-refractivity contribution in [2.24, 2.45) is 5.92 Å². The van der Waals surface area contributed by atoms with Crippen LogP contribution in [-0.2, 0) is 25.6 Å². The second-order valence-corrected chi connectivity index (χ2v) is 7.57. The minimum Gasteiger partial charge on any atom is -0.419 e. The molecule has 0 radical (unpaired) electrons. The van der Waals surface area contributed by atoms with Gasteiger partial charge in [0.05, 0.1) is 0 Å². The molecule has 0 saturated carbocycles. The minimum atomic E-state index is -1.29. The van der Waals surface area contributed by atoms with Gasteiger partial charge in [-0.1, -0.05) is 19.1 Å². The molecule has 2 aliphatic rings. The first-order valence-electron chi connectivity index (χ1n) is 8.93. The Hall–Kier alpha value is -2.21. The van der Waals surface area contributed by atoms with Crippen LogP contribution in [0.1, 0.15) is 44.7 Å². The molecule has 0 aromatic heterocycles. The quantitative estimate of drug-likeness (QED) is 0.470. The Labute approximate surface area is 152 Å². The molecule has 0 amide bonds. The van der Waals surface area contributed by atoms with Gasteiger partial charge in [-0.15, -0.1) is 0 Å². The molecular weight excluding hydrogens is 337 g/mol. The Morgan fingerprint density at radius 3 is 2.58 bits per heavy atom. The summed E-state index contributed by atoms with van der Waals surface area (Å²) in [5.41, 5.74) is 0.791.